The van der Waals surface area contributed by atoms with Crippen molar-refractivity contribution in [1.82, 2.24) is 14.5 Å². The van der Waals surface area contributed by atoms with Gasteiger partial charge in [-0.05, 0) is 84.1 Å². The Morgan fingerprint density at radius 1 is 0.946 bits per heavy atom. The Morgan fingerprint density at radius 2 is 1.59 bits per heavy atom. The van der Waals surface area contributed by atoms with Gasteiger partial charge in [-0.15, -0.1) is 6.58 Å². The molecule has 1 N–H and O–H groups in total. The van der Waals surface area contributed by atoms with Crippen molar-refractivity contribution in [2.75, 3.05) is 39.3 Å². The molecule has 0 aliphatic carbocycles. The van der Waals surface area contributed by atoms with Gasteiger partial charge >= 0.3 is 0 Å². The molecule has 0 radical (unpaired) electrons. The number of hydrogen-bond acceptors (Lipinski definition) is 4. The summed E-state index contributed by atoms with van der Waals surface area (Å²) in [5.74, 6) is 0.486. The first-order chi connectivity index (χ1) is 17.9. The van der Waals surface area contributed by atoms with Crippen LogP contribution >= 0.6 is 11.6 Å². The van der Waals surface area contributed by atoms with Crippen LogP contribution in [0.5, 0.6) is 0 Å². The Balaban J connectivity index is 1.25. The van der Waals surface area contributed by atoms with E-state index in [0.29, 0.717) is 35.2 Å². The van der Waals surface area contributed by atoms with Crippen molar-refractivity contribution in [2.45, 2.75) is 24.0 Å². The summed E-state index contributed by atoms with van der Waals surface area (Å²) in [5.41, 5.74) is 2.59. The second-order valence-electron chi connectivity index (χ2n) is 9.79. The zero-order valence-corrected chi connectivity index (χ0v) is 22.3. The highest BCUT2D eigenvalue weighted by atomic mass is 35.5. The molecule has 194 valence electrons. The van der Waals surface area contributed by atoms with Crippen molar-refractivity contribution in [3.8, 4) is 0 Å². The number of rotatable bonds is 6. The molecule has 2 aliphatic heterocycles. The smallest absolute Gasteiger partial charge is 0.253 e. The van der Waals surface area contributed by atoms with Crippen LogP contribution in [-0.4, -0.2) is 62.8 Å². The van der Waals surface area contributed by atoms with Crippen molar-refractivity contribution >= 4 is 38.3 Å². The first kappa shape index (κ1) is 25.9. The normalized spacial score (nSPS) is 18.6. The summed E-state index contributed by atoms with van der Waals surface area (Å²) >= 11 is 6.09. The second-order valence-corrected chi connectivity index (χ2v) is 12.3. The molecule has 1 atom stereocenters. The molecule has 2 heterocycles. The predicted octanol–water partition coefficient (Wildman–Crippen LogP) is 4.98. The topological polar surface area (TPSA) is 69.7 Å². The highest BCUT2D eigenvalue weighted by molar-refractivity contribution is 7.89. The minimum absolute atomic E-state index is 0.0534. The number of amides is 1. The summed E-state index contributed by atoms with van der Waals surface area (Å²) in [5, 5.41) is 5.03. The molecule has 2 saturated heterocycles. The Bertz CT molecular complexity index is 1390. The predicted molar refractivity (Wildman–Crippen MR) is 150 cm³/mol. The number of carbonyl (C=O) groups excluding carboxylic acids is 1. The molecule has 37 heavy (non-hydrogen) atoms. The van der Waals surface area contributed by atoms with Gasteiger partial charge in [0.15, 0.2) is 0 Å². The highest BCUT2D eigenvalue weighted by Gasteiger charge is 2.35. The van der Waals surface area contributed by atoms with Crippen LogP contribution in [0.4, 0.5) is 0 Å². The minimum Gasteiger partial charge on any atom is -0.336 e. The van der Waals surface area contributed by atoms with Gasteiger partial charge in [-0.25, -0.2) is 8.42 Å². The van der Waals surface area contributed by atoms with Gasteiger partial charge in [-0.3, -0.25) is 4.79 Å². The molecular weight excluding hydrogens is 506 g/mol. The Hall–Kier alpha value is -2.71. The average molecular weight is 538 g/mol. The number of piperidine rings is 1. The van der Waals surface area contributed by atoms with Crippen LogP contribution in [0.1, 0.15) is 45.5 Å². The van der Waals surface area contributed by atoms with Crippen LogP contribution in [-0.2, 0) is 10.0 Å². The molecule has 1 unspecified atom stereocenters. The summed E-state index contributed by atoms with van der Waals surface area (Å²) in [7, 11) is -3.69. The van der Waals surface area contributed by atoms with Crippen LogP contribution in [0.2, 0.25) is 5.02 Å². The Morgan fingerprint density at radius 3 is 2.27 bits per heavy atom. The van der Waals surface area contributed by atoms with Gasteiger partial charge in [0.25, 0.3) is 5.91 Å². The molecule has 5 rings (SSSR count). The number of benzene rings is 3. The van der Waals surface area contributed by atoms with Gasteiger partial charge < -0.3 is 10.2 Å². The minimum atomic E-state index is -3.69. The third-order valence-electron chi connectivity index (χ3n) is 7.54. The van der Waals surface area contributed by atoms with Gasteiger partial charge in [0.05, 0.1) is 0 Å². The molecule has 0 aromatic heterocycles. The summed E-state index contributed by atoms with van der Waals surface area (Å²) in [6.45, 7) is 7.11. The van der Waals surface area contributed by atoms with E-state index in [4.69, 9.17) is 11.6 Å². The standard InChI is InChI=1S/C29H32ClN3O3S/c1-2-28(26-8-7-25-20-27(30)10-9-24(25)19-26)37(35,36)33-17-15-32(16-18-33)29(34)23-5-3-21(4-6-23)22-11-13-31-14-12-22/h2-10,19-20,22,28,31H,1,11-18H2. The number of fused-ring (bicyclic) bond motifs is 1. The lowest BCUT2D eigenvalue weighted by molar-refractivity contribution is 0.0697. The van der Waals surface area contributed by atoms with Crippen molar-refractivity contribution in [3.05, 3.63) is 95.0 Å². The molecule has 6 nitrogen and oxygen atoms in total. The number of nitrogens with one attached hydrogen (secondary N) is 1. The van der Waals surface area contributed by atoms with Gasteiger partial charge in [-0.1, -0.05) is 48.0 Å². The molecule has 3 aromatic carbocycles. The lowest BCUT2D eigenvalue weighted by Gasteiger charge is -2.35. The number of nitrogens with zero attached hydrogens (tertiary/aromatic N) is 2. The van der Waals surface area contributed by atoms with E-state index in [1.807, 2.05) is 42.5 Å². The highest BCUT2D eigenvalue weighted by Crippen LogP contribution is 2.31. The maximum atomic E-state index is 13.6. The lowest BCUT2D eigenvalue weighted by atomic mass is 9.90. The second kappa shape index (κ2) is 11.0. The van der Waals surface area contributed by atoms with Crippen molar-refractivity contribution in [2.24, 2.45) is 0 Å². The summed E-state index contributed by atoms with van der Waals surface area (Å²) in [4.78, 5) is 14.9. The Labute approximate surface area is 224 Å². The fourth-order valence-corrected chi connectivity index (χ4v) is 7.29. The fourth-order valence-electron chi connectivity index (χ4n) is 5.38. The van der Waals surface area contributed by atoms with Gasteiger partial charge in [0.1, 0.15) is 5.25 Å². The van der Waals surface area contributed by atoms with Crippen molar-refractivity contribution in [1.29, 1.82) is 0 Å². The largest absolute Gasteiger partial charge is 0.336 e. The maximum Gasteiger partial charge on any atom is 0.253 e. The summed E-state index contributed by atoms with van der Waals surface area (Å²) in [6, 6.07) is 19.1. The van der Waals surface area contributed by atoms with Crippen molar-refractivity contribution < 1.29 is 13.2 Å². The van der Waals surface area contributed by atoms with Crippen LogP contribution in [0.15, 0.2) is 73.3 Å². The Kier molecular flexibility index (Phi) is 7.67. The third kappa shape index (κ3) is 5.46. The van der Waals surface area contributed by atoms with Crippen molar-refractivity contribution in [3.63, 3.8) is 0 Å². The van der Waals surface area contributed by atoms with E-state index >= 15 is 0 Å². The molecule has 0 bridgehead atoms. The van der Waals surface area contributed by atoms with E-state index in [9.17, 15) is 13.2 Å². The van der Waals surface area contributed by atoms with Crippen LogP contribution in [0, 0.1) is 0 Å². The maximum absolute atomic E-state index is 13.6. The average Bonchev–Trinajstić information content (AvgIpc) is 2.93. The van der Waals surface area contributed by atoms with Crippen LogP contribution < -0.4 is 5.32 Å². The molecule has 0 saturated carbocycles. The third-order valence-corrected chi connectivity index (χ3v) is 9.97. The molecular formula is C29H32ClN3O3S. The fraction of sp³-hybridized carbons (Fsp3) is 0.345. The van der Waals surface area contributed by atoms with Gasteiger partial charge in [0.2, 0.25) is 10.0 Å². The molecule has 3 aromatic rings. The summed E-state index contributed by atoms with van der Waals surface area (Å²) < 4.78 is 28.6. The van der Waals surface area contributed by atoms with E-state index in [0.717, 1.165) is 36.7 Å². The first-order valence-corrected chi connectivity index (χ1v) is 14.7. The number of piperazine rings is 1. The van der Waals surface area contributed by atoms with E-state index < -0.39 is 15.3 Å². The van der Waals surface area contributed by atoms with Crippen LogP contribution in [0.3, 0.4) is 0 Å². The molecule has 0 spiro atoms. The lowest BCUT2D eigenvalue weighted by Crippen LogP contribution is -2.51. The molecule has 1 amide bonds. The first-order valence-electron chi connectivity index (χ1n) is 12.8. The molecule has 8 heteroatoms. The molecule has 2 aliphatic rings. The van der Waals surface area contributed by atoms with Gasteiger partial charge in [-0.2, -0.15) is 4.31 Å². The molecule has 2 fully saturated rings. The SMILES string of the molecule is C=CC(c1ccc2cc(Cl)ccc2c1)S(=O)(=O)N1CCN(C(=O)c2ccc(C3CCNCC3)cc2)CC1. The van der Waals surface area contributed by atoms with Crippen LogP contribution in [0.25, 0.3) is 10.8 Å². The van der Waals surface area contributed by atoms with E-state index in [-0.39, 0.29) is 19.0 Å². The monoisotopic (exact) mass is 537 g/mol. The zero-order chi connectivity index (χ0) is 26.0. The number of sulfonamides is 1. The quantitative estimate of drug-likeness (QED) is 0.450. The van der Waals surface area contributed by atoms with E-state index in [1.54, 1.807) is 11.0 Å². The number of halogens is 1. The number of hydrogen-bond donors (Lipinski definition) is 1. The summed E-state index contributed by atoms with van der Waals surface area (Å²) in [6.07, 6.45) is 3.71. The zero-order valence-electron chi connectivity index (χ0n) is 20.8. The van der Waals surface area contributed by atoms with E-state index in [2.05, 4.69) is 24.0 Å². The van der Waals surface area contributed by atoms with Gasteiger partial charge in [0, 0.05) is 36.8 Å². The number of carbonyl (C=O) groups is 1. The van der Waals surface area contributed by atoms with E-state index in [1.165, 1.54) is 15.9 Å².